The largest absolute Gasteiger partial charge is 0.334 e. The van der Waals surface area contributed by atoms with E-state index in [1.807, 2.05) is 6.20 Å². The summed E-state index contributed by atoms with van der Waals surface area (Å²) in [5, 5.41) is 3.44. The van der Waals surface area contributed by atoms with Crippen LogP contribution in [0.15, 0.2) is 6.20 Å². The van der Waals surface area contributed by atoms with Crippen molar-refractivity contribution in [1.82, 2.24) is 19.8 Å². The van der Waals surface area contributed by atoms with Crippen LogP contribution in [0.25, 0.3) is 0 Å². The van der Waals surface area contributed by atoms with Crippen LogP contribution in [0, 0.1) is 5.92 Å². The summed E-state index contributed by atoms with van der Waals surface area (Å²) in [6.45, 7) is 4.09. The first-order valence-corrected chi connectivity index (χ1v) is 8.40. The van der Waals surface area contributed by atoms with Crippen molar-refractivity contribution in [2.75, 3.05) is 19.6 Å². The third-order valence-corrected chi connectivity index (χ3v) is 5.33. The number of aromatic nitrogens is 2. The van der Waals surface area contributed by atoms with Crippen LogP contribution in [0.4, 0.5) is 0 Å². The van der Waals surface area contributed by atoms with Crippen molar-refractivity contribution in [2.24, 2.45) is 5.92 Å². The molecule has 1 aromatic rings. The summed E-state index contributed by atoms with van der Waals surface area (Å²) in [4.78, 5) is 19.6. The highest BCUT2D eigenvalue weighted by Gasteiger charge is 2.35. The van der Waals surface area contributed by atoms with Gasteiger partial charge in [-0.2, -0.15) is 0 Å². The van der Waals surface area contributed by atoms with Gasteiger partial charge in [0.05, 0.1) is 0 Å². The fraction of sp³-hybridized carbons (Fsp3) is 0.750. The molecule has 2 saturated heterocycles. The van der Waals surface area contributed by atoms with Crippen LogP contribution in [0.1, 0.15) is 48.4 Å². The maximum absolute atomic E-state index is 12.9. The third kappa shape index (κ3) is 2.37. The second-order valence-corrected chi connectivity index (χ2v) is 6.65. The summed E-state index contributed by atoms with van der Waals surface area (Å²) in [6, 6.07) is 0.415. The highest BCUT2D eigenvalue weighted by atomic mass is 16.2. The topological polar surface area (TPSA) is 50.2 Å². The van der Waals surface area contributed by atoms with Crippen LogP contribution in [0.5, 0.6) is 0 Å². The van der Waals surface area contributed by atoms with Gasteiger partial charge < -0.3 is 14.8 Å². The van der Waals surface area contributed by atoms with Crippen molar-refractivity contribution >= 4 is 5.91 Å². The van der Waals surface area contributed by atoms with Crippen molar-refractivity contribution in [3.05, 3.63) is 17.7 Å². The average Bonchev–Trinajstić information content (AvgIpc) is 3.22. The molecule has 0 spiro atoms. The molecule has 1 amide bonds. The first kappa shape index (κ1) is 13.3. The van der Waals surface area contributed by atoms with Crippen LogP contribution in [-0.4, -0.2) is 46.0 Å². The molecule has 5 heteroatoms. The lowest BCUT2D eigenvalue weighted by atomic mass is 9.89. The van der Waals surface area contributed by atoms with Crippen LogP contribution >= 0.6 is 0 Å². The molecule has 0 radical (unpaired) electrons. The lowest BCUT2D eigenvalue weighted by molar-refractivity contribution is 0.0524. The number of carbonyl (C=O) groups is 1. The van der Waals surface area contributed by atoms with Crippen LogP contribution < -0.4 is 5.32 Å². The highest BCUT2D eigenvalue weighted by Crippen LogP contribution is 2.28. The minimum atomic E-state index is 0.161. The predicted octanol–water partition coefficient (Wildman–Crippen LogP) is 1.43. The van der Waals surface area contributed by atoms with E-state index in [-0.39, 0.29) is 5.91 Å². The average molecular weight is 288 g/mol. The lowest BCUT2D eigenvalue weighted by Crippen LogP contribution is -2.48. The minimum absolute atomic E-state index is 0.161. The Morgan fingerprint density at radius 3 is 3.00 bits per heavy atom. The van der Waals surface area contributed by atoms with Crippen molar-refractivity contribution in [1.29, 1.82) is 0 Å². The number of likely N-dealkylation sites (tertiary alicyclic amines) is 1. The molecule has 2 unspecified atom stereocenters. The Bertz CT molecular complexity index is 511. The molecular weight excluding hydrogens is 264 g/mol. The zero-order valence-corrected chi connectivity index (χ0v) is 12.6. The number of fused-ring (bicyclic) bond motifs is 1. The Morgan fingerprint density at radius 2 is 2.19 bits per heavy atom. The quantitative estimate of drug-likeness (QED) is 0.896. The summed E-state index contributed by atoms with van der Waals surface area (Å²) in [5.74, 6) is 1.88. The van der Waals surface area contributed by atoms with Crippen molar-refractivity contribution in [2.45, 2.75) is 51.1 Å². The van der Waals surface area contributed by atoms with E-state index in [1.165, 1.54) is 12.8 Å². The van der Waals surface area contributed by atoms with Crippen LogP contribution in [-0.2, 0) is 13.0 Å². The van der Waals surface area contributed by atoms with Gasteiger partial charge >= 0.3 is 0 Å². The summed E-state index contributed by atoms with van der Waals surface area (Å²) >= 11 is 0. The molecule has 3 aliphatic heterocycles. The number of imidazole rings is 1. The summed E-state index contributed by atoms with van der Waals surface area (Å²) < 4.78 is 2.16. The number of aryl methyl sites for hydroxylation is 2. The number of rotatable bonds is 2. The fourth-order valence-electron chi connectivity index (χ4n) is 4.21. The van der Waals surface area contributed by atoms with Gasteiger partial charge in [0.15, 0.2) is 0 Å². The smallest absolute Gasteiger partial charge is 0.274 e. The van der Waals surface area contributed by atoms with Gasteiger partial charge in [-0.05, 0) is 51.1 Å². The number of nitrogens with zero attached hydrogens (tertiary/aromatic N) is 3. The standard InChI is InChI=1S/C16H24N4O/c21-16(13-11-19-8-3-5-15(19)18-13)20-9-2-1-4-14(20)12-6-7-17-10-12/h11-12,14,17H,1-10H2. The van der Waals surface area contributed by atoms with Crippen molar-refractivity contribution in [3.8, 4) is 0 Å². The minimum Gasteiger partial charge on any atom is -0.334 e. The molecule has 5 nitrogen and oxygen atoms in total. The molecule has 0 aromatic carbocycles. The van der Waals surface area contributed by atoms with Gasteiger partial charge in [0, 0.05) is 31.7 Å². The van der Waals surface area contributed by atoms with E-state index in [9.17, 15) is 4.79 Å². The van der Waals surface area contributed by atoms with E-state index < -0.39 is 0 Å². The maximum Gasteiger partial charge on any atom is 0.274 e. The second kappa shape index (κ2) is 5.44. The molecule has 2 fully saturated rings. The molecule has 4 heterocycles. The number of carbonyl (C=O) groups excluding carboxylic acids is 1. The predicted molar refractivity (Wildman–Crippen MR) is 80.2 cm³/mol. The normalized spacial score (nSPS) is 28.9. The third-order valence-electron chi connectivity index (χ3n) is 5.33. The number of hydrogen-bond acceptors (Lipinski definition) is 3. The van der Waals surface area contributed by atoms with E-state index in [4.69, 9.17) is 0 Å². The van der Waals surface area contributed by atoms with E-state index in [1.54, 1.807) is 0 Å². The van der Waals surface area contributed by atoms with Crippen LogP contribution in [0.2, 0.25) is 0 Å². The molecule has 4 rings (SSSR count). The summed E-state index contributed by atoms with van der Waals surface area (Å²) in [7, 11) is 0. The Hall–Kier alpha value is -1.36. The molecule has 3 aliphatic rings. The van der Waals surface area contributed by atoms with Crippen molar-refractivity contribution in [3.63, 3.8) is 0 Å². The van der Waals surface area contributed by atoms with Gasteiger partial charge in [0.25, 0.3) is 5.91 Å². The Balaban J connectivity index is 1.55. The molecular formula is C16H24N4O. The lowest BCUT2D eigenvalue weighted by Gasteiger charge is -2.38. The first-order valence-electron chi connectivity index (χ1n) is 8.40. The van der Waals surface area contributed by atoms with Gasteiger partial charge in [-0.15, -0.1) is 0 Å². The van der Waals surface area contributed by atoms with Crippen LogP contribution in [0.3, 0.4) is 0 Å². The number of nitrogens with one attached hydrogen (secondary N) is 1. The molecule has 21 heavy (non-hydrogen) atoms. The SMILES string of the molecule is O=C(c1cn2c(n1)CCC2)N1CCCCC1C1CCNC1. The highest BCUT2D eigenvalue weighted by molar-refractivity contribution is 5.92. The Labute approximate surface area is 125 Å². The van der Waals surface area contributed by atoms with Gasteiger partial charge in [-0.25, -0.2) is 4.98 Å². The summed E-state index contributed by atoms with van der Waals surface area (Å²) in [5.41, 5.74) is 0.669. The molecule has 0 saturated carbocycles. The van der Waals surface area contributed by atoms with E-state index in [0.717, 1.165) is 57.7 Å². The molecule has 2 atom stereocenters. The number of hydrogen-bond donors (Lipinski definition) is 1. The Kier molecular flexibility index (Phi) is 3.45. The maximum atomic E-state index is 12.9. The molecule has 0 aliphatic carbocycles. The molecule has 114 valence electrons. The van der Waals surface area contributed by atoms with Crippen molar-refractivity contribution < 1.29 is 4.79 Å². The number of amides is 1. The zero-order chi connectivity index (χ0) is 14.2. The Morgan fingerprint density at radius 1 is 1.24 bits per heavy atom. The van der Waals surface area contributed by atoms with E-state index in [2.05, 4.69) is 19.8 Å². The number of piperidine rings is 1. The van der Waals surface area contributed by atoms with Gasteiger partial charge in [0.2, 0.25) is 0 Å². The fourth-order valence-corrected chi connectivity index (χ4v) is 4.21. The second-order valence-electron chi connectivity index (χ2n) is 6.65. The van der Waals surface area contributed by atoms with E-state index in [0.29, 0.717) is 17.7 Å². The van der Waals surface area contributed by atoms with E-state index >= 15 is 0 Å². The summed E-state index contributed by atoms with van der Waals surface area (Å²) in [6.07, 6.45) is 8.91. The zero-order valence-electron chi connectivity index (χ0n) is 12.6. The molecule has 1 aromatic heterocycles. The first-order chi connectivity index (χ1) is 10.3. The molecule has 0 bridgehead atoms. The monoisotopic (exact) mass is 288 g/mol. The van der Waals surface area contributed by atoms with Gasteiger partial charge in [-0.3, -0.25) is 4.79 Å². The molecule has 1 N–H and O–H groups in total. The van der Waals surface area contributed by atoms with Gasteiger partial charge in [-0.1, -0.05) is 0 Å². The van der Waals surface area contributed by atoms with Gasteiger partial charge in [0.1, 0.15) is 11.5 Å².